The monoisotopic (exact) mass is 226 g/mol. The van der Waals surface area contributed by atoms with Crippen LogP contribution in [0.2, 0.25) is 0 Å². The van der Waals surface area contributed by atoms with Crippen molar-refractivity contribution in [2.45, 2.75) is 27.2 Å². The molecule has 1 unspecified atom stereocenters. The molecule has 0 bridgehead atoms. The highest BCUT2D eigenvalue weighted by molar-refractivity contribution is 6.18. The number of hydrogen-bond donors (Lipinski definition) is 1. The maximum Gasteiger partial charge on any atom is 0.115 e. The third-order valence-electron chi connectivity index (χ3n) is 3.22. The van der Waals surface area contributed by atoms with E-state index in [1.807, 2.05) is 18.2 Å². The Morgan fingerprint density at radius 2 is 2.07 bits per heavy atom. The molecule has 0 saturated carbocycles. The molecule has 0 heterocycles. The Hall–Kier alpha value is -0.690. The van der Waals surface area contributed by atoms with E-state index in [1.165, 1.54) is 0 Å². The van der Waals surface area contributed by atoms with Crippen LogP contribution in [0.1, 0.15) is 26.3 Å². The number of hydrogen-bond acceptors (Lipinski definition) is 1. The summed E-state index contributed by atoms with van der Waals surface area (Å²) in [4.78, 5) is 0. The van der Waals surface area contributed by atoms with E-state index in [0.29, 0.717) is 17.5 Å². The topological polar surface area (TPSA) is 20.2 Å². The third-order valence-corrected chi connectivity index (χ3v) is 3.83. The van der Waals surface area contributed by atoms with E-state index in [1.54, 1.807) is 6.07 Å². The van der Waals surface area contributed by atoms with E-state index in [2.05, 4.69) is 20.8 Å². The maximum atomic E-state index is 9.39. The van der Waals surface area contributed by atoms with Gasteiger partial charge in [0.05, 0.1) is 0 Å². The highest BCUT2D eigenvalue weighted by Crippen LogP contribution is 2.33. The first kappa shape index (κ1) is 12.4. The smallest absolute Gasteiger partial charge is 0.115 e. The van der Waals surface area contributed by atoms with Gasteiger partial charge < -0.3 is 5.11 Å². The second kappa shape index (κ2) is 4.89. The molecule has 0 aromatic heterocycles. The molecule has 0 aliphatic carbocycles. The zero-order chi connectivity index (χ0) is 11.5. The van der Waals surface area contributed by atoms with Gasteiger partial charge in [0.1, 0.15) is 5.75 Å². The van der Waals surface area contributed by atoms with E-state index in [0.717, 1.165) is 12.0 Å². The average Bonchev–Trinajstić information content (AvgIpc) is 2.17. The van der Waals surface area contributed by atoms with Crippen molar-refractivity contribution in [3.63, 3.8) is 0 Å². The van der Waals surface area contributed by atoms with Gasteiger partial charge in [-0.3, -0.25) is 0 Å². The lowest BCUT2D eigenvalue weighted by molar-refractivity contribution is 0.253. The van der Waals surface area contributed by atoms with Crippen LogP contribution in [0.4, 0.5) is 0 Å². The number of alkyl halides is 1. The number of halogens is 1. The summed E-state index contributed by atoms with van der Waals surface area (Å²) < 4.78 is 0. The molecule has 1 nitrogen and oxygen atoms in total. The molecule has 1 aromatic rings. The minimum atomic E-state index is 0.0926. The molecule has 15 heavy (non-hydrogen) atoms. The molecule has 2 heteroatoms. The van der Waals surface area contributed by atoms with Crippen molar-refractivity contribution in [1.29, 1.82) is 0 Å². The van der Waals surface area contributed by atoms with Gasteiger partial charge in [-0.05, 0) is 35.4 Å². The molecule has 0 spiro atoms. The molecular formula is C13H19ClO. The highest BCUT2D eigenvalue weighted by atomic mass is 35.5. The molecule has 1 rings (SSSR count). The van der Waals surface area contributed by atoms with Crippen molar-refractivity contribution in [2.75, 3.05) is 5.88 Å². The van der Waals surface area contributed by atoms with E-state index in [4.69, 9.17) is 11.6 Å². The predicted molar refractivity (Wildman–Crippen MR) is 65.5 cm³/mol. The Balaban J connectivity index is 2.84. The quantitative estimate of drug-likeness (QED) is 0.774. The third kappa shape index (κ3) is 3.13. The van der Waals surface area contributed by atoms with Gasteiger partial charge in [0.25, 0.3) is 0 Å². The number of benzene rings is 1. The van der Waals surface area contributed by atoms with E-state index >= 15 is 0 Å². The summed E-state index contributed by atoms with van der Waals surface area (Å²) in [5, 5.41) is 9.39. The molecule has 1 aromatic carbocycles. The van der Waals surface area contributed by atoms with Crippen molar-refractivity contribution in [3.05, 3.63) is 29.8 Å². The lowest BCUT2D eigenvalue weighted by Gasteiger charge is -2.31. The zero-order valence-electron chi connectivity index (χ0n) is 9.63. The Bertz CT molecular complexity index is 322. The van der Waals surface area contributed by atoms with Crippen molar-refractivity contribution in [2.24, 2.45) is 11.3 Å². The van der Waals surface area contributed by atoms with Crippen molar-refractivity contribution in [1.82, 2.24) is 0 Å². The van der Waals surface area contributed by atoms with Gasteiger partial charge in [-0.1, -0.05) is 32.9 Å². The molecule has 0 amide bonds. The molecule has 0 radical (unpaired) electrons. The summed E-state index contributed by atoms with van der Waals surface area (Å²) >= 11 is 6.03. The lowest BCUT2D eigenvalue weighted by Crippen LogP contribution is -2.28. The molecule has 0 aliphatic rings. The predicted octanol–water partition coefficient (Wildman–Crippen LogP) is 3.84. The van der Waals surface area contributed by atoms with Gasteiger partial charge in [-0.25, -0.2) is 0 Å². The fourth-order valence-electron chi connectivity index (χ4n) is 1.54. The first-order valence-corrected chi connectivity index (χ1v) is 5.85. The van der Waals surface area contributed by atoms with Crippen LogP contribution in [0.5, 0.6) is 5.75 Å². The first-order valence-electron chi connectivity index (χ1n) is 5.32. The Labute approximate surface area is 97.1 Å². The minimum Gasteiger partial charge on any atom is -0.508 e. The fraction of sp³-hybridized carbons (Fsp3) is 0.538. The second-order valence-corrected chi connectivity index (χ2v) is 5.06. The number of phenolic OH excluding ortho intramolecular Hbond substituents is 1. The van der Waals surface area contributed by atoms with Crippen LogP contribution in [0.15, 0.2) is 24.3 Å². The molecular weight excluding hydrogens is 208 g/mol. The first-order chi connectivity index (χ1) is 6.98. The highest BCUT2D eigenvalue weighted by Gasteiger charge is 2.27. The van der Waals surface area contributed by atoms with Crippen molar-refractivity contribution >= 4 is 11.6 Å². The van der Waals surface area contributed by atoms with Gasteiger partial charge >= 0.3 is 0 Å². The summed E-state index contributed by atoms with van der Waals surface area (Å²) in [6.45, 7) is 6.56. The summed E-state index contributed by atoms with van der Waals surface area (Å²) in [6.07, 6.45) is 0.905. The summed E-state index contributed by atoms with van der Waals surface area (Å²) in [5.41, 5.74) is 1.24. The molecule has 1 atom stereocenters. The molecule has 1 N–H and O–H groups in total. The lowest BCUT2D eigenvalue weighted by atomic mass is 9.76. The summed E-state index contributed by atoms with van der Waals surface area (Å²) in [5.74, 6) is 1.49. The van der Waals surface area contributed by atoms with Crippen LogP contribution < -0.4 is 0 Å². The van der Waals surface area contributed by atoms with E-state index in [-0.39, 0.29) is 5.41 Å². The zero-order valence-corrected chi connectivity index (χ0v) is 10.4. The molecule has 0 aliphatic heterocycles. The van der Waals surface area contributed by atoms with Crippen LogP contribution in [-0.4, -0.2) is 11.0 Å². The van der Waals surface area contributed by atoms with Crippen molar-refractivity contribution < 1.29 is 5.11 Å². The SMILES string of the molecule is CC(C)C(C)(CCl)Cc1cccc(O)c1. The van der Waals surface area contributed by atoms with Crippen LogP contribution in [0, 0.1) is 11.3 Å². The Morgan fingerprint density at radius 1 is 1.40 bits per heavy atom. The van der Waals surface area contributed by atoms with Crippen LogP contribution in [-0.2, 0) is 6.42 Å². The standard InChI is InChI=1S/C13H19ClO/c1-10(2)13(3,9-14)8-11-5-4-6-12(15)7-11/h4-7,10,15H,8-9H2,1-3H3. The van der Waals surface area contributed by atoms with Crippen LogP contribution >= 0.6 is 11.6 Å². The summed E-state index contributed by atoms with van der Waals surface area (Å²) in [7, 11) is 0. The van der Waals surface area contributed by atoms with Crippen LogP contribution in [0.25, 0.3) is 0 Å². The largest absolute Gasteiger partial charge is 0.508 e. The number of aromatic hydroxyl groups is 1. The van der Waals surface area contributed by atoms with Gasteiger partial charge in [0.2, 0.25) is 0 Å². The van der Waals surface area contributed by atoms with Gasteiger partial charge in [-0.2, -0.15) is 0 Å². The van der Waals surface area contributed by atoms with Crippen LogP contribution in [0.3, 0.4) is 0 Å². The molecule has 84 valence electrons. The fourth-order valence-corrected chi connectivity index (χ4v) is 1.94. The molecule has 0 saturated heterocycles. The van der Waals surface area contributed by atoms with E-state index < -0.39 is 0 Å². The van der Waals surface area contributed by atoms with Gasteiger partial charge in [0, 0.05) is 5.88 Å². The van der Waals surface area contributed by atoms with Gasteiger partial charge in [-0.15, -0.1) is 11.6 Å². The minimum absolute atomic E-state index is 0.0926. The van der Waals surface area contributed by atoms with Crippen molar-refractivity contribution in [3.8, 4) is 5.75 Å². The summed E-state index contributed by atoms with van der Waals surface area (Å²) in [6, 6.07) is 7.41. The average molecular weight is 227 g/mol. The normalized spacial score (nSPS) is 15.3. The number of phenols is 1. The van der Waals surface area contributed by atoms with E-state index in [9.17, 15) is 5.11 Å². The Kier molecular flexibility index (Phi) is 4.04. The second-order valence-electron chi connectivity index (χ2n) is 4.79. The Morgan fingerprint density at radius 3 is 2.53 bits per heavy atom. The number of rotatable bonds is 4. The van der Waals surface area contributed by atoms with Gasteiger partial charge in [0.15, 0.2) is 0 Å². The molecule has 0 fully saturated rings. The maximum absolute atomic E-state index is 9.39.